The Morgan fingerprint density at radius 1 is 0.972 bits per heavy atom. The van der Waals surface area contributed by atoms with E-state index in [-0.39, 0.29) is 18.0 Å². The quantitative estimate of drug-likeness (QED) is 0.155. The fourth-order valence-corrected chi connectivity index (χ4v) is 2.95. The molecule has 0 spiro atoms. The lowest BCUT2D eigenvalue weighted by molar-refractivity contribution is -0.133. The lowest BCUT2D eigenvalue weighted by atomic mass is 10.1. The van der Waals surface area contributed by atoms with Gasteiger partial charge in [0.1, 0.15) is 11.9 Å². The SMILES string of the molecule is C[C@@H](O)[C@H](NC(=O)c1ccc(C#Cc2ccc(NC(=O)CNc3cnccn3)cc2)cc1)C(=O)NO. The van der Waals surface area contributed by atoms with Crippen molar-refractivity contribution >= 4 is 29.2 Å². The number of aliphatic hydroxyl groups is 1. The van der Waals surface area contributed by atoms with Crippen molar-refractivity contribution in [2.75, 3.05) is 17.2 Å². The summed E-state index contributed by atoms with van der Waals surface area (Å²) in [4.78, 5) is 43.9. The molecule has 2 atom stereocenters. The van der Waals surface area contributed by atoms with E-state index in [2.05, 4.69) is 37.8 Å². The molecular weight excluding hydrogens is 464 g/mol. The van der Waals surface area contributed by atoms with E-state index >= 15 is 0 Å². The molecule has 3 aromatic rings. The van der Waals surface area contributed by atoms with Crippen LogP contribution in [0.1, 0.15) is 28.4 Å². The molecule has 1 aromatic heterocycles. The van der Waals surface area contributed by atoms with Gasteiger partial charge in [0.15, 0.2) is 0 Å². The number of aromatic nitrogens is 2. The normalized spacial score (nSPS) is 11.8. The van der Waals surface area contributed by atoms with Gasteiger partial charge in [0, 0.05) is 34.8 Å². The average Bonchev–Trinajstić information content (AvgIpc) is 2.90. The largest absolute Gasteiger partial charge is 0.391 e. The number of hydrogen-bond acceptors (Lipinski definition) is 8. The van der Waals surface area contributed by atoms with Crippen molar-refractivity contribution in [3.8, 4) is 11.8 Å². The minimum atomic E-state index is -1.30. The summed E-state index contributed by atoms with van der Waals surface area (Å²) in [7, 11) is 0. The Balaban J connectivity index is 1.54. The maximum atomic E-state index is 12.3. The van der Waals surface area contributed by atoms with E-state index in [9.17, 15) is 19.5 Å². The Morgan fingerprint density at radius 3 is 2.17 bits per heavy atom. The van der Waals surface area contributed by atoms with Gasteiger partial charge >= 0.3 is 0 Å². The fraction of sp³-hybridized carbons (Fsp3) is 0.160. The van der Waals surface area contributed by atoms with Gasteiger partial charge in [-0.25, -0.2) is 10.5 Å². The lowest BCUT2D eigenvalue weighted by Crippen LogP contribution is -2.51. The molecule has 0 bridgehead atoms. The molecule has 11 nitrogen and oxygen atoms in total. The van der Waals surface area contributed by atoms with E-state index in [4.69, 9.17) is 5.21 Å². The van der Waals surface area contributed by atoms with Crippen LogP contribution in [0.3, 0.4) is 0 Å². The Bertz CT molecular complexity index is 1250. The van der Waals surface area contributed by atoms with E-state index in [0.29, 0.717) is 17.1 Å². The van der Waals surface area contributed by atoms with Crippen LogP contribution >= 0.6 is 0 Å². The van der Waals surface area contributed by atoms with Crippen molar-refractivity contribution < 1.29 is 24.7 Å². The number of anilines is 2. The van der Waals surface area contributed by atoms with E-state index in [1.54, 1.807) is 42.6 Å². The first-order valence-corrected chi connectivity index (χ1v) is 10.8. The van der Waals surface area contributed by atoms with Crippen LogP contribution in [-0.2, 0) is 9.59 Å². The topological polar surface area (TPSA) is 166 Å². The highest BCUT2D eigenvalue weighted by Crippen LogP contribution is 2.10. The van der Waals surface area contributed by atoms with Gasteiger partial charge in [-0.1, -0.05) is 11.8 Å². The van der Waals surface area contributed by atoms with Gasteiger partial charge < -0.3 is 21.1 Å². The maximum Gasteiger partial charge on any atom is 0.268 e. The number of aliphatic hydroxyl groups excluding tert-OH is 1. The van der Waals surface area contributed by atoms with Crippen LogP contribution in [-0.4, -0.2) is 56.7 Å². The van der Waals surface area contributed by atoms with E-state index in [1.807, 2.05) is 0 Å². The molecule has 0 aliphatic carbocycles. The standard InChI is InChI=1S/C25H24N6O5/c1-16(32)23(25(35)31-36)30-24(34)19-8-4-17(5-9-19)2-3-18-6-10-20(11-7-18)29-22(33)15-28-21-14-26-12-13-27-21/h4-14,16,23,32,36H,15H2,1H3,(H,27,28)(H,29,33)(H,30,34)(H,31,35)/t16-,23+/m1/s1. The molecule has 1 heterocycles. The third kappa shape index (κ3) is 7.63. The summed E-state index contributed by atoms with van der Waals surface area (Å²) < 4.78 is 0. The van der Waals surface area contributed by atoms with Gasteiger partial charge in [0.2, 0.25) is 5.91 Å². The molecule has 2 aromatic carbocycles. The van der Waals surface area contributed by atoms with E-state index in [1.165, 1.54) is 36.9 Å². The van der Waals surface area contributed by atoms with Crippen molar-refractivity contribution in [1.29, 1.82) is 0 Å². The van der Waals surface area contributed by atoms with Crippen molar-refractivity contribution in [2.45, 2.75) is 19.1 Å². The number of amides is 3. The van der Waals surface area contributed by atoms with E-state index < -0.39 is 24.0 Å². The highest BCUT2D eigenvalue weighted by Gasteiger charge is 2.25. The second-order valence-electron chi connectivity index (χ2n) is 7.56. The molecule has 0 saturated carbocycles. The first-order valence-electron chi connectivity index (χ1n) is 10.8. The van der Waals surface area contributed by atoms with Gasteiger partial charge in [-0.2, -0.15) is 0 Å². The number of rotatable bonds is 8. The average molecular weight is 489 g/mol. The molecule has 0 radical (unpaired) electrons. The molecule has 0 fully saturated rings. The highest BCUT2D eigenvalue weighted by atomic mass is 16.5. The van der Waals surface area contributed by atoms with Crippen molar-refractivity contribution in [3.63, 3.8) is 0 Å². The first-order chi connectivity index (χ1) is 17.4. The van der Waals surface area contributed by atoms with Gasteiger partial charge in [-0.3, -0.25) is 24.6 Å². The number of nitrogens with zero attached hydrogens (tertiary/aromatic N) is 2. The molecule has 0 aliphatic heterocycles. The number of hydrogen-bond donors (Lipinski definition) is 6. The monoisotopic (exact) mass is 488 g/mol. The minimum absolute atomic E-state index is 0.0442. The Hall–Kier alpha value is -4.79. The molecule has 0 aliphatic rings. The number of nitrogens with one attached hydrogen (secondary N) is 4. The van der Waals surface area contributed by atoms with Crippen molar-refractivity contribution in [2.24, 2.45) is 0 Å². The Kier molecular flexibility index (Phi) is 9.05. The molecule has 0 unspecified atom stereocenters. The van der Waals surface area contributed by atoms with Crippen LogP contribution in [0.2, 0.25) is 0 Å². The van der Waals surface area contributed by atoms with Crippen LogP contribution < -0.4 is 21.4 Å². The third-order valence-corrected chi connectivity index (χ3v) is 4.82. The summed E-state index contributed by atoms with van der Waals surface area (Å²) in [5.41, 5.74) is 3.66. The molecule has 36 heavy (non-hydrogen) atoms. The summed E-state index contributed by atoms with van der Waals surface area (Å²) in [6.07, 6.45) is 3.39. The van der Waals surface area contributed by atoms with Crippen LogP contribution in [0.25, 0.3) is 0 Å². The predicted octanol–water partition coefficient (Wildman–Crippen LogP) is 0.912. The van der Waals surface area contributed by atoms with Crippen molar-refractivity contribution in [1.82, 2.24) is 20.8 Å². The second kappa shape index (κ2) is 12.6. The summed E-state index contributed by atoms with van der Waals surface area (Å²) >= 11 is 0. The molecule has 3 rings (SSSR count). The van der Waals surface area contributed by atoms with Gasteiger partial charge in [0.25, 0.3) is 11.8 Å². The third-order valence-electron chi connectivity index (χ3n) is 4.82. The smallest absolute Gasteiger partial charge is 0.268 e. The van der Waals surface area contributed by atoms with Crippen LogP contribution in [0.5, 0.6) is 0 Å². The zero-order valence-electron chi connectivity index (χ0n) is 19.2. The van der Waals surface area contributed by atoms with Crippen LogP contribution in [0, 0.1) is 11.8 Å². The highest BCUT2D eigenvalue weighted by molar-refractivity contribution is 5.97. The van der Waals surface area contributed by atoms with Crippen molar-refractivity contribution in [3.05, 3.63) is 83.8 Å². The lowest BCUT2D eigenvalue weighted by Gasteiger charge is -2.19. The number of carbonyl (C=O) groups excluding carboxylic acids is 3. The molecule has 3 amide bonds. The molecular formula is C25H24N6O5. The Labute approximate surface area is 206 Å². The second-order valence-corrected chi connectivity index (χ2v) is 7.56. The number of benzene rings is 2. The molecule has 0 saturated heterocycles. The summed E-state index contributed by atoms with van der Waals surface area (Å²) in [5.74, 6) is 4.74. The molecule has 11 heteroatoms. The molecule has 6 N–H and O–H groups in total. The van der Waals surface area contributed by atoms with Crippen LogP contribution in [0.15, 0.2) is 67.1 Å². The summed E-state index contributed by atoms with van der Waals surface area (Å²) in [6.45, 7) is 1.36. The fourth-order valence-electron chi connectivity index (χ4n) is 2.95. The number of carbonyl (C=O) groups is 3. The van der Waals surface area contributed by atoms with Crippen LogP contribution in [0.4, 0.5) is 11.5 Å². The Morgan fingerprint density at radius 2 is 1.61 bits per heavy atom. The molecule has 184 valence electrons. The van der Waals surface area contributed by atoms with E-state index in [0.717, 1.165) is 5.56 Å². The minimum Gasteiger partial charge on any atom is -0.391 e. The van der Waals surface area contributed by atoms with Gasteiger partial charge in [0.05, 0.1) is 18.8 Å². The zero-order valence-corrected chi connectivity index (χ0v) is 19.2. The number of hydroxylamine groups is 1. The predicted molar refractivity (Wildman–Crippen MR) is 131 cm³/mol. The first kappa shape index (κ1) is 25.8. The maximum absolute atomic E-state index is 12.3. The zero-order chi connectivity index (χ0) is 25.9. The van der Waals surface area contributed by atoms with Gasteiger partial charge in [-0.15, -0.1) is 0 Å². The summed E-state index contributed by atoms with van der Waals surface area (Å²) in [5, 5.41) is 26.4. The van der Waals surface area contributed by atoms with Gasteiger partial charge in [-0.05, 0) is 55.5 Å². The summed E-state index contributed by atoms with van der Waals surface area (Å²) in [6, 6.07) is 12.0.